The summed E-state index contributed by atoms with van der Waals surface area (Å²) in [5.41, 5.74) is -0.565. The number of guanidine groups is 1. The molecule has 0 aliphatic rings. The fraction of sp³-hybridized carbons (Fsp3) is 0.353. The first-order valence-electron chi connectivity index (χ1n) is 7.68. The fourth-order valence-electron chi connectivity index (χ4n) is 2.09. The van der Waals surface area contributed by atoms with Gasteiger partial charge in [-0.2, -0.15) is 0 Å². The number of halogens is 1. The van der Waals surface area contributed by atoms with Crippen molar-refractivity contribution in [3.63, 3.8) is 0 Å². The summed E-state index contributed by atoms with van der Waals surface area (Å²) in [6.45, 7) is 4.62. The molecule has 0 radical (unpaired) electrons. The van der Waals surface area contributed by atoms with Crippen molar-refractivity contribution >= 4 is 5.96 Å². The molecule has 7 heteroatoms. The van der Waals surface area contributed by atoms with Crippen LogP contribution < -0.4 is 10.6 Å². The van der Waals surface area contributed by atoms with E-state index in [1.54, 1.807) is 25.1 Å². The zero-order valence-corrected chi connectivity index (χ0v) is 13.7. The number of aliphatic imine (C=N–C) groups is 1. The van der Waals surface area contributed by atoms with Crippen molar-refractivity contribution in [1.82, 2.24) is 10.6 Å². The lowest BCUT2D eigenvalue weighted by atomic mass is 10.0. The zero-order valence-electron chi connectivity index (χ0n) is 13.7. The van der Waals surface area contributed by atoms with E-state index in [1.165, 1.54) is 18.4 Å². The van der Waals surface area contributed by atoms with Crippen LogP contribution in [0.5, 0.6) is 5.75 Å². The van der Waals surface area contributed by atoms with Crippen molar-refractivity contribution < 1.29 is 19.0 Å². The van der Waals surface area contributed by atoms with E-state index in [0.717, 1.165) is 0 Å². The molecular weight excluding hydrogens is 313 g/mol. The van der Waals surface area contributed by atoms with Crippen LogP contribution in [-0.2, 0) is 12.1 Å². The van der Waals surface area contributed by atoms with Crippen LogP contribution in [0.25, 0.3) is 0 Å². The molecule has 1 atom stereocenters. The number of rotatable bonds is 6. The lowest BCUT2D eigenvalue weighted by molar-refractivity contribution is 0.0386. The number of phenolic OH excluding ortho intramolecular Hbond substituents is 1. The third-order valence-electron chi connectivity index (χ3n) is 3.43. The van der Waals surface area contributed by atoms with Gasteiger partial charge in [0.1, 0.15) is 11.4 Å². The highest BCUT2D eigenvalue weighted by Crippen LogP contribution is 2.20. The minimum atomic E-state index is -1.19. The summed E-state index contributed by atoms with van der Waals surface area (Å²) in [7, 11) is 0. The second-order valence-corrected chi connectivity index (χ2v) is 5.59. The molecule has 0 aliphatic carbocycles. The first kappa shape index (κ1) is 17.8. The Morgan fingerprint density at radius 1 is 1.33 bits per heavy atom. The molecule has 6 nitrogen and oxygen atoms in total. The van der Waals surface area contributed by atoms with E-state index >= 15 is 0 Å². The smallest absolute Gasteiger partial charge is 0.191 e. The number of aliphatic hydroxyl groups is 1. The van der Waals surface area contributed by atoms with Gasteiger partial charge < -0.3 is 25.3 Å². The number of hydrogen-bond acceptors (Lipinski definition) is 4. The Balaban J connectivity index is 2.01. The molecular formula is C17H22FN3O3. The van der Waals surface area contributed by atoms with Crippen molar-refractivity contribution in [1.29, 1.82) is 0 Å². The Morgan fingerprint density at radius 3 is 2.75 bits per heavy atom. The van der Waals surface area contributed by atoms with Crippen LogP contribution in [0, 0.1) is 5.82 Å². The summed E-state index contributed by atoms with van der Waals surface area (Å²) in [6, 6.07) is 7.54. The Bertz CT molecular complexity index is 684. The van der Waals surface area contributed by atoms with Gasteiger partial charge in [-0.15, -0.1) is 0 Å². The second kappa shape index (κ2) is 7.83. The summed E-state index contributed by atoms with van der Waals surface area (Å²) in [6.07, 6.45) is 1.50. The van der Waals surface area contributed by atoms with Gasteiger partial charge in [0.15, 0.2) is 17.5 Å². The topological polar surface area (TPSA) is 90.0 Å². The molecule has 0 aliphatic heterocycles. The molecule has 1 aromatic heterocycles. The Morgan fingerprint density at radius 2 is 2.12 bits per heavy atom. The molecule has 0 saturated carbocycles. The quantitative estimate of drug-likeness (QED) is 0.479. The highest BCUT2D eigenvalue weighted by atomic mass is 19.1. The van der Waals surface area contributed by atoms with Crippen molar-refractivity contribution in [2.45, 2.75) is 26.0 Å². The van der Waals surface area contributed by atoms with Gasteiger partial charge in [0, 0.05) is 6.54 Å². The third kappa shape index (κ3) is 4.73. The maximum atomic E-state index is 13.3. The zero-order chi connectivity index (χ0) is 17.6. The molecule has 0 fully saturated rings. The number of nitrogens with zero attached hydrogens (tertiary/aromatic N) is 1. The summed E-state index contributed by atoms with van der Waals surface area (Å²) in [4.78, 5) is 4.34. The van der Waals surface area contributed by atoms with Crippen LogP contribution in [-0.4, -0.2) is 29.3 Å². The molecule has 1 heterocycles. The molecule has 2 rings (SSSR count). The van der Waals surface area contributed by atoms with Crippen molar-refractivity contribution in [3.05, 3.63) is 53.7 Å². The minimum absolute atomic E-state index is 0.191. The standard InChI is InChI=1S/C17H22FN3O3/c1-3-19-16(20-10-12-6-7-14(22)13(18)9-12)21-11-17(2,23)15-5-4-8-24-15/h4-9,22-23H,3,10-11H2,1-2H3,(H2,19,20,21). The predicted octanol–water partition coefficient (Wildman–Crippen LogP) is 2.09. The van der Waals surface area contributed by atoms with E-state index in [0.29, 0.717) is 23.8 Å². The summed E-state index contributed by atoms with van der Waals surface area (Å²) in [5.74, 6) is -0.132. The molecule has 0 spiro atoms. The highest BCUT2D eigenvalue weighted by molar-refractivity contribution is 5.79. The van der Waals surface area contributed by atoms with Crippen LogP contribution in [0.2, 0.25) is 0 Å². The van der Waals surface area contributed by atoms with Gasteiger partial charge in [0.2, 0.25) is 0 Å². The van der Waals surface area contributed by atoms with Crippen LogP contribution in [0.1, 0.15) is 25.2 Å². The molecule has 1 unspecified atom stereocenters. The molecule has 130 valence electrons. The van der Waals surface area contributed by atoms with Gasteiger partial charge in [-0.3, -0.25) is 0 Å². The summed E-state index contributed by atoms with van der Waals surface area (Å²) in [5, 5.41) is 25.7. The van der Waals surface area contributed by atoms with Crippen LogP contribution in [0.15, 0.2) is 46.0 Å². The maximum Gasteiger partial charge on any atom is 0.191 e. The van der Waals surface area contributed by atoms with Gasteiger partial charge in [0.05, 0.1) is 19.4 Å². The van der Waals surface area contributed by atoms with E-state index < -0.39 is 11.4 Å². The normalized spacial score (nSPS) is 14.2. The van der Waals surface area contributed by atoms with Crippen LogP contribution in [0.3, 0.4) is 0 Å². The van der Waals surface area contributed by atoms with Crippen molar-refractivity contribution in [3.8, 4) is 5.75 Å². The molecule has 1 aromatic carbocycles. The van der Waals surface area contributed by atoms with E-state index in [4.69, 9.17) is 4.42 Å². The first-order chi connectivity index (χ1) is 11.4. The number of aromatic hydroxyl groups is 1. The Kier molecular flexibility index (Phi) is 5.81. The largest absolute Gasteiger partial charge is 0.505 e. The predicted molar refractivity (Wildman–Crippen MR) is 89.2 cm³/mol. The van der Waals surface area contributed by atoms with Crippen molar-refractivity contribution in [2.75, 3.05) is 13.1 Å². The minimum Gasteiger partial charge on any atom is -0.505 e. The Hall–Kier alpha value is -2.54. The monoisotopic (exact) mass is 335 g/mol. The van der Waals surface area contributed by atoms with Gasteiger partial charge in [-0.05, 0) is 43.7 Å². The highest BCUT2D eigenvalue weighted by Gasteiger charge is 2.26. The maximum absolute atomic E-state index is 13.3. The van der Waals surface area contributed by atoms with E-state index in [-0.39, 0.29) is 18.8 Å². The molecule has 0 amide bonds. The number of benzene rings is 1. The van der Waals surface area contributed by atoms with Crippen LogP contribution in [0.4, 0.5) is 4.39 Å². The molecule has 0 bridgehead atoms. The van der Waals surface area contributed by atoms with Gasteiger partial charge in [0.25, 0.3) is 0 Å². The summed E-state index contributed by atoms with van der Waals surface area (Å²) < 4.78 is 18.6. The van der Waals surface area contributed by atoms with Crippen LogP contribution >= 0.6 is 0 Å². The molecule has 4 N–H and O–H groups in total. The number of nitrogens with one attached hydrogen (secondary N) is 2. The number of phenols is 1. The van der Waals surface area contributed by atoms with Crippen molar-refractivity contribution in [2.24, 2.45) is 4.99 Å². The fourth-order valence-corrected chi connectivity index (χ4v) is 2.09. The lowest BCUT2D eigenvalue weighted by Gasteiger charge is -2.22. The SMILES string of the molecule is CCNC(=NCc1ccc(O)c(F)c1)NCC(C)(O)c1ccco1. The molecule has 2 aromatic rings. The first-order valence-corrected chi connectivity index (χ1v) is 7.68. The van der Waals surface area contributed by atoms with E-state index in [9.17, 15) is 14.6 Å². The van der Waals surface area contributed by atoms with E-state index in [2.05, 4.69) is 15.6 Å². The number of furan rings is 1. The third-order valence-corrected chi connectivity index (χ3v) is 3.43. The van der Waals surface area contributed by atoms with Gasteiger partial charge in [-0.25, -0.2) is 9.38 Å². The van der Waals surface area contributed by atoms with Gasteiger partial charge in [-0.1, -0.05) is 6.07 Å². The Labute approximate surface area is 140 Å². The second-order valence-electron chi connectivity index (χ2n) is 5.59. The van der Waals surface area contributed by atoms with E-state index in [1.807, 2.05) is 6.92 Å². The lowest BCUT2D eigenvalue weighted by Crippen LogP contribution is -2.44. The summed E-state index contributed by atoms with van der Waals surface area (Å²) >= 11 is 0. The average Bonchev–Trinajstić information content (AvgIpc) is 3.09. The van der Waals surface area contributed by atoms with Gasteiger partial charge >= 0.3 is 0 Å². The number of hydrogen-bond donors (Lipinski definition) is 4. The average molecular weight is 335 g/mol. The molecule has 0 saturated heterocycles. The molecule has 24 heavy (non-hydrogen) atoms.